The first-order valence-corrected chi connectivity index (χ1v) is 9.22. The highest BCUT2D eigenvalue weighted by molar-refractivity contribution is 5.94. The Bertz CT molecular complexity index is 1110. The summed E-state index contributed by atoms with van der Waals surface area (Å²) in [5, 5.41) is 4.01. The number of halogens is 1. The number of aryl methyl sites for hydroxylation is 2. The van der Waals surface area contributed by atoms with Crippen LogP contribution in [-0.2, 0) is 17.8 Å². The van der Waals surface area contributed by atoms with Crippen LogP contribution in [0.15, 0.2) is 65.3 Å². The summed E-state index contributed by atoms with van der Waals surface area (Å²) in [6.07, 6.45) is 4.28. The lowest BCUT2D eigenvalue weighted by atomic mass is 10.2. The molecule has 2 aromatic carbocycles. The first kappa shape index (κ1) is 18.0. The highest BCUT2D eigenvalue weighted by Crippen LogP contribution is 2.22. The predicted octanol–water partition coefficient (Wildman–Crippen LogP) is 5.03. The molecule has 0 aliphatic heterocycles. The lowest BCUT2D eigenvalue weighted by Crippen LogP contribution is -2.12. The van der Waals surface area contributed by atoms with Gasteiger partial charge in [0.05, 0.1) is 6.20 Å². The number of benzene rings is 2. The van der Waals surface area contributed by atoms with Crippen molar-refractivity contribution in [3.05, 3.63) is 72.6 Å². The van der Waals surface area contributed by atoms with E-state index in [0.29, 0.717) is 18.1 Å². The summed E-state index contributed by atoms with van der Waals surface area (Å²) < 4.78 is 20.8. The SMILES string of the molecule is CCn1ccc2cc(NC(=O)CCc3ncc(-c4ccc(F)cc4)o3)ccc21. The van der Waals surface area contributed by atoms with Crippen molar-refractivity contribution in [1.82, 2.24) is 9.55 Å². The van der Waals surface area contributed by atoms with Crippen molar-refractivity contribution < 1.29 is 13.6 Å². The molecule has 5 nitrogen and oxygen atoms in total. The van der Waals surface area contributed by atoms with Crippen LogP contribution in [0.3, 0.4) is 0 Å². The van der Waals surface area contributed by atoms with Gasteiger partial charge in [0.2, 0.25) is 5.91 Å². The van der Waals surface area contributed by atoms with Crippen molar-refractivity contribution in [2.45, 2.75) is 26.3 Å². The fourth-order valence-electron chi connectivity index (χ4n) is 3.17. The van der Waals surface area contributed by atoms with Crippen LogP contribution in [-0.4, -0.2) is 15.5 Å². The van der Waals surface area contributed by atoms with Gasteiger partial charge in [0.15, 0.2) is 11.7 Å². The van der Waals surface area contributed by atoms with E-state index in [-0.39, 0.29) is 18.1 Å². The minimum Gasteiger partial charge on any atom is -0.441 e. The molecule has 0 aliphatic rings. The number of amides is 1. The molecule has 0 saturated heterocycles. The number of hydrogen-bond acceptors (Lipinski definition) is 3. The molecule has 4 aromatic rings. The molecule has 0 aliphatic carbocycles. The first-order valence-electron chi connectivity index (χ1n) is 9.22. The van der Waals surface area contributed by atoms with Gasteiger partial charge in [-0.15, -0.1) is 0 Å². The Morgan fingerprint density at radius 3 is 2.79 bits per heavy atom. The summed E-state index contributed by atoms with van der Waals surface area (Å²) in [6.45, 7) is 3.00. The summed E-state index contributed by atoms with van der Waals surface area (Å²) in [4.78, 5) is 16.5. The van der Waals surface area contributed by atoms with E-state index in [1.165, 1.54) is 12.1 Å². The minimum absolute atomic E-state index is 0.101. The lowest BCUT2D eigenvalue weighted by molar-refractivity contribution is -0.116. The number of fused-ring (bicyclic) bond motifs is 1. The normalized spacial score (nSPS) is 11.1. The molecule has 1 N–H and O–H groups in total. The molecule has 0 fully saturated rings. The molecular weight excluding hydrogens is 357 g/mol. The second-order valence-electron chi connectivity index (χ2n) is 6.55. The van der Waals surface area contributed by atoms with Crippen LogP contribution in [0.1, 0.15) is 19.2 Å². The Kier molecular flexibility index (Phi) is 4.93. The zero-order valence-corrected chi connectivity index (χ0v) is 15.5. The zero-order chi connectivity index (χ0) is 19.5. The molecule has 0 atom stereocenters. The van der Waals surface area contributed by atoms with Crippen LogP contribution < -0.4 is 5.32 Å². The molecule has 2 heterocycles. The Hall–Kier alpha value is -3.41. The monoisotopic (exact) mass is 377 g/mol. The molecule has 28 heavy (non-hydrogen) atoms. The third-order valence-electron chi connectivity index (χ3n) is 4.64. The van der Waals surface area contributed by atoms with Crippen molar-refractivity contribution in [2.24, 2.45) is 0 Å². The maximum atomic E-state index is 13.0. The Balaban J connectivity index is 1.36. The second kappa shape index (κ2) is 7.68. The summed E-state index contributed by atoms with van der Waals surface area (Å²) in [6, 6.07) is 13.9. The number of hydrogen-bond donors (Lipinski definition) is 1. The Morgan fingerprint density at radius 2 is 2.00 bits per heavy atom. The number of nitrogens with one attached hydrogen (secondary N) is 1. The molecule has 6 heteroatoms. The van der Waals surface area contributed by atoms with Crippen LogP contribution in [0, 0.1) is 5.82 Å². The van der Waals surface area contributed by atoms with E-state index in [1.54, 1.807) is 18.3 Å². The summed E-state index contributed by atoms with van der Waals surface area (Å²) in [7, 11) is 0. The molecular formula is C22H20FN3O2. The van der Waals surface area contributed by atoms with Gasteiger partial charge in [0.25, 0.3) is 0 Å². The van der Waals surface area contributed by atoms with Crippen LogP contribution in [0.25, 0.3) is 22.2 Å². The van der Waals surface area contributed by atoms with E-state index >= 15 is 0 Å². The largest absolute Gasteiger partial charge is 0.441 e. The van der Waals surface area contributed by atoms with Crippen LogP contribution in [0.5, 0.6) is 0 Å². The molecule has 1 amide bonds. The lowest BCUT2D eigenvalue weighted by Gasteiger charge is -2.06. The molecule has 142 valence electrons. The van der Waals surface area contributed by atoms with E-state index in [2.05, 4.69) is 21.8 Å². The maximum Gasteiger partial charge on any atom is 0.224 e. The smallest absolute Gasteiger partial charge is 0.224 e. The fourth-order valence-corrected chi connectivity index (χ4v) is 3.17. The molecule has 4 rings (SSSR count). The van der Waals surface area contributed by atoms with Gasteiger partial charge in [0, 0.05) is 47.7 Å². The van der Waals surface area contributed by atoms with Crippen molar-refractivity contribution in [3.8, 4) is 11.3 Å². The van der Waals surface area contributed by atoms with Gasteiger partial charge in [-0.05, 0) is 55.5 Å². The van der Waals surface area contributed by atoms with Gasteiger partial charge in [-0.1, -0.05) is 0 Å². The number of carbonyl (C=O) groups is 1. The fraction of sp³-hybridized carbons (Fsp3) is 0.182. The number of nitrogens with zero attached hydrogens (tertiary/aromatic N) is 2. The third-order valence-corrected chi connectivity index (χ3v) is 4.64. The van der Waals surface area contributed by atoms with Crippen molar-refractivity contribution in [3.63, 3.8) is 0 Å². The van der Waals surface area contributed by atoms with Gasteiger partial charge >= 0.3 is 0 Å². The van der Waals surface area contributed by atoms with Crippen molar-refractivity contribution in [2.75, 3.05) is 5.32 Å². The van der Waals surface area contributed by atoms with Gasteiger partial charge in [-0.2, -0.15) is 0 Å². The topological polar surface area (TPSA) is 60.1 Å². The van der Waals surface area contributed by atoms with Crippen LogP contribution in [0.4, 0.5) is 10.1 Å². The summed E-state index contributed by atoms with van der Waals surface area (Å²) >= 11 is 0. The summed E-state index contributed by atoms with van der Waals surface area (Å²) in [5.74, 6) is 0.631. The van der Waals surface area contributed by atoms with Crippen LogP contribution in [0.2, 0.25) is 0 Å². The standard InChI is InChI=1S/C22H20FN3O2/c1-2-26-12-11-16-13-18(7-8-19(16)26)25-21(27)9-10-22-24-14-20(28-22)15-3-5-17(23)6-4-15/h3-8,11-14H,2,9-10H2,1H3,(H,25,27). The first-order chi connectivity index (χ1) is 13.6. The van der Waals surface area contributed by atoms with E-state index in [1.807, 2.05) is 30.5 Å². The average Bonchev–Trinajstić information content (AvgIpc) is 3.33. The molecule has 0 radical (unpaired) electrons. The van der Waals surface area contributed by atoms with E-state index in [0.717, 1.165) is 28.7 Å². The third kappa shape index (κ3) is 3.81. The van der Waals surface area contributed by atoms with Gasteiger partial charge in [-0.3, -0.25) is 4.79 Å². The quantitative estimate of drug-likeness (QED) is 0.513. The zero-order valence-electron chi connectivity index (χ0n) is 15.5. The predicted molar refractivity (Wildman–Crippen MR) is 106 cm³/mol. The summed E-state index contributed by atoms with van der Waals surface area (Å²) in [5.41, 5.74) is 2.66. The number of carbonyl (C=O) groups excluding carboxylic acids is 1. The van der Waals surface area contributed by atoms with Crippen LogP contribution >= 0.6 is 0 Å². The minimum atomic E-state index is -0.301. The Morgan fingerprint density at radius 1 is 1.18 bits per heavy atom. The number of rotatable bonds is 6. The van der Waals surface area contributed by atoms with Gasteiger partial charge in [-0.25, -0.2) is 9.37 Å². The number of oxazole rings is 1. The number of aromatic nitrogens is 2. The van der Waals surface area contributed by atoms with E-state index < -0.39 is 0 Å². The molecule has 2 aromatic heterocycles. The highest BCUT2D eigenvalue weighted by atomic mass is 19.1. The van der Waals surface area contributed by atoms with Crippen molar-refractivity contribution in [1.29, 1.82) is 0 Å². The van der Waals surface area contributed by atoms with Crippen molar-refractivity contribution >= 4 is 22.5 Å². The second-order valence-corrected chi connectivity index (χ2v) is 6.55. The molecule has 0 spiro atoms. The average molecular weight is 377 g/mol. The van der Waals surface area contributed by atoms with Gasteiger partial charge < -0.3 is 14.3 Å². The molecule has 0 saturated carbocycles. The van der Waals surface area contributed by atoms with Gasteiger partial charge in [0.1, 0.15) is 5.82 Å². The molecule has 0 bridgehead atoms. The highest BCUT2D eigenvalue weighted by Gasteiger charge is 2.10. The van der Waals surface area contributed by atoms with E-state index in [4.69, 9.17) is 4.42 Å². The Labute approximate surface area is 161 Å². The number of anilines is 1. The molecule has 0 unspecified atom stereocenters. The maximum absolute atomic E-state index is 13.0. The van der Waals surface area contributed by atoms with E-state index in [9.17, 15) is 9.18 Å².